The molecule has 0 saturated carbocycles. The van der Waals surface area contributed by atoms with E-state index in [4.69, 9.17) is 0 Å². The summed E-state index contributed by atoms with van der Waals surface area (Å²) in [6.45, 7) is 5.71. The van der Waals surface area contributed by atoms with Crippen LogP contribution in [0.1, 0.15) is 19.5 Å². The van der Waals surface area contributed by atoms with Gasteiger partial charge in [0.25, 0.3) is 5.56 Å². The van der Waals surface area contributed by atoms with E-state index in [0.717, 1.165) is 23.5 Å². The van der Waals surface area contributed by atoms with E-state index in [9.17, 15) is 18.0 Å². The molecule has 5 nitrogen and oxygen atoms in total. The molecule has 1 aromatic heterocycles. The van der Waals surface area contributed by atoms with Gasteiger partial charge in [-0.1, -0.05) is 0 Å². The molecule has 2 rings (SSSR count). The molecule has 0 atom stereocenters. The number of hydrogen-bond donors (Lipinski definition) is 2. The Kier molecular flexibility index (Phi) is 4.72. The number of aromatic nitrogens is 2. The zero-order chi connectivity index (χ0) is 17.2. The normalized spacial score (nSPS) is 11.6. The molecule has 2 N–H and O–H groups in total. The Balaban J connectivity index is 2.32. The van der Waals surface area contributed by atoms with Crippen LogP contribution in [0.3, 0.4) is 0 Å². The summed E-state index contributed by atoms with van der Waals surface area (Å²) in [6, 6.07) is 6.92. The van der Waals surface area contributed by atoms with Gasteiger partial charge < -0.3 is 10.2 Å². The van der Waals surface area contributed by atoms with E-state index in [1.54, 1.807) is 24.3 Å². The number of nitrogens with one attached hydrogen (secondary N) is 2. The van der Waals surface area contributed by atoms with Crippen LogP contribution in [-0.4, -0.2) is 22.9 Å². The maximum absolute atomic E-state index is 13.0. The molecule has 0 fully saturated rings. The molecule has 1 aromatic carbocycles. The van der Waals surface area contributed by atoms with E-state index in [1.165, 1.54) is 7.05 Å². The van der Waals surface area contributed by atoms with Crippen LogP contribution < -0.4 is 15.8 Å². The fourth-order valence-corrected chi connectivity index (χ4v) is 2.36. The Morgan fingerprint density at radius 2 is 1.74 bits per heavy atom. The van der Waals surface area contributed by atoms with Crippen molar-refractivity contribution in [2.45, 2.75) is 20.0 Å². The van der Waals surface area contributed by atoms with Crippen molar-refractivity contribution in [3.8, 4) is 0 Å². The van der Waals surface area contributed by atoms with Gasteiger partial charge in [0.2, 0.25) is 0 Å². The van der Waals surface area contributed by atoms with Gasteiger partial charge in [-0.15, -0.1) is 0 Å². The van der Waals surface area contributed by atoms with Crippen LogP contribution in [0.25, 0.3) is 0 Å². The van der Waals surface area contributed by atoms with Crippen molar-refractivity contribution in [2.75, 3.05) is 23.3 Å². The van der Waals surface area contributed by atoms with Crippen molar-refractivity contribution in [1.29, 1.82) is 0 Å². The molecule has 0 spiro atoms. The molecule has 0 aliphatic carbocycles. The minimum Gasteiger partial charge on any atom is -0.372 e. The van der Waals surface area contributed by atoms with Gasteiger partial charge in [0, 0.05) is 31.5 Å². The van der Waals surface area contributed by atoms with Gasteiger partial charge in [-0.05, 0) is 38.1 Å². The summed E-state index contributed by atoms with van der Waals surface area (Å²) in [6.07, 6.45) is -4.64. The van der Waals surface area contributed by atoms with Crippen molar-refractivity contribution in [3.05, 3.63) is 40.3 Å². The van der Waals surface area contributed by atoms with Crippen molar-refractivity contribution in [2.24, 2.45) is 7.05 Å². The molecule has 1 heterocycles. The summed E-state index contributed by atoms with van der Waals surface area (Å²) in [4.78, 5) is 14.0. The fraction of sp³-hybridized carbons (Fsp3) is 0.400. The third-order valence-corrected chi connectivity index (χ3v) is 3.60. The van der Waals surface area contributed by atoms with Crippen LogP contribution >= 0.6 is 0 Å². The Bertz CT molecular complexity index is 712. The molecule has 0 unspecified atom stereocenters. The summed E-state index contributed by atoms with van der Waals surface area (Å²) in [7, 11) is 1.24. The molecule has 0 amide bonds. The van der Waals surface area contributed by atoms with Crippen molar-refractivity contribution < 1.29 is 13.2 Å². The topological polar surface area (TPSA) is 53.1 Å². The van der Waals surface area contributed by atoms with E-state index < -0.39 is 23.1 Å². The minimum absolute atomic E-state index is 0.420. The maximum atomic E-state index is 13.0. The number of alkyl halides is 3. The predicted molar refractivity (Wildman–Crippen MR) is 84.3 cm³/mol. The van der Waals surface area contributed by atoms with Crippen LogP contribution in [-0.2, 0) is 13.2 Å². The third kappa shape index (κ3) is 3.52. The third-order valence-electron chi connectivity index (χ3n) is 3.60. The largest absolute Gasteiger partial charge is 0.434 e. The van der Waals surface area contributed by atoms with E-state index >= 15 is 0 Å². The van der Waals surface area contributed by atoms with E-state index in [1.807, 2.05) is 18.9 Å². The van der Waals surface area contributed by atoms with Crippen LogP contribution in [0.4, 0.5) is 30.2 Å². The molecular formula is C15H19F3N4O. The standard InChI is InChI=1S/C15H19F3N4O/c1-4-22(5-2)11-8-6-10(7-9-11)19-12-13(15(16,17)18)20-21(3)14(12)23/h6-9,19-20H,4-5H2,1-3H3. The lowest BCUT2D eigenvalue weighted by molar-refractivity contribution is -0.140. The first-order valence-corrected chi connectivity index (χ1v) is 7.26. The van der Waals surface area contributed by atoms with Crippen molar-refractivity contribution in [3.63, 3.8) is 0 Å². The molecule has 2 aromatic rings. The molecule has 0 bridgehead atoms. The Morgan fingerprint density at radius 3 is 2.22 bits per heavy atom. The van der Waals surface area contributed by atoms with Crippen molar-refractivity contribution in [1.82, 2.24) is 9.78 Å². The highest BCUT2D eigenvalue weighted by Gasteiger charge is 2.37. The first-order chi connectivity index (χ1) is 10.8. The number of aryl methyl sites for hydroxylation is 1. The predicted octanol–water partition coefficient (Wildman–Crippen LogP) is 3.32. The van der Waals surface area contributed by atoms with Crippen molar-refractivity contribution >= 4 is 17.1 Å². The molecule has 0 saturated heterocycles. The summed E-state index contributed by atoms with van der Waals surface area (Å²) < 4.78 is 39.7. The van der Waals surface area contributed by atoms with Crippen LogP contribution in [0, 0.1) is 0 Å². The average Bonchev–Trinajstić information content (AvgIpc) is 2.78. The second kappa shape index (κ2) is 6.39. The fourth-order valence-electron chi connectivity index (χ4n) is 2.36. The zero-order valence-corrected chi connectivity index (χ0v) is 13.2. The SMILES string of the molecule is CCN(CC)c1ccc(Nc2c(C(F)(F)F)[nH]n(C)c2=O)cc1. The second-order valence-electron chi connectivity index (χ2n) is 5.07. The summed E-state index contributed by atoms with van der Waals surface area (Å²) in [5.41, 5.74) is -0.958. The summed E-state index contributed by atoms with van der Waals surface area (Å²) in [5.74, 6) is 0. The molecule has 8 heteroatoms. The van der Waals surface area contributed by atoms with Gasteiger partial charge in [0.05, 0.1) is 0 Å². The Hall–Kier alpha value is -2.38. The first-order valence-electron chi connectivity index (χ1n) is 7.26. The highest BCUT2D eigenvalue weighted by molar-refractivity contribution is 5.64. The number of hydrogen-bond acceptors (Lipinski definition) is 3. The van der Waals surface area contributed by atoms with Crippen LogP contribution in [0.5, 0.6) is 0 Å². The lowest BCUT2D eigenvalue weighted by Crippen LogP contribution is -2.21. The number of rotatable bonds is 5. The van der Waals surface area contributed by atoms with Crippen LogP contribution in [0.15, 0.2) is 29.1 Å². The molecule has 0 aliphatic rings. The summed E-state index contributed by atoms with van der Waals surface area (Å²) >= 11 is 0. The number of halogens is 3. The highest BCUT2D eigenvalue weighted by Crippen LogP contribution is 2.33. The lowest BCUT2D eigenvalue weighted by atomic mass is 10.2. The Morgan fingerprint density at radius 1 is 1.17 bits per heavy atom. The zero-order valence-electron chi connectivity index (χ0n) is 13.2. The molecular weight excluding hydrogens is 309 g/mol. The van der Waals surface area contributed by atoms with E-state index in [0.29, 0.717) is 5.69 Å². The number of aromatic amines is 1. The first kappa shape index (κ1) is 17.0. The van der Waals surface area contributed by atoms with Crippen LogP contribution in [0.2, 0.25) is 0 Å². The quantitative estimate of drug-likeness (QED) is 0.885. The summed E-state index contributed by atoms with van der Waals surface area (Å²) in [5, 5.41) is 4.60. The van der Waals surface area contributed by atoms with Gasteiger partial charge in [0.15, 0.2) is 5.69 Å². The lowest BCUT2D eigenvalue weighted by Gasteiger charge is -2.21. The maximum Gasteiger partial charge on any atom is 0.434 e. The van der Waals surface area contributed by atoms with E-state index in [-0.39, 0.29) is 0 Å². The van der Waals surface area contributed by atoms with Gasteiger partial charge in [-0.3, -0.25) is 14.6 Å². The Labute approximate surface area is 131 Å². The average molecular weight is 328 g/mol. The second-order valence-corrected chi connectivity index (χ2v) is 5.07. The number of H-pyrrole nitrogens is 1. The molecule has 23 heavy (non-hydrogen) atoms. The highest BCUT2D eigenvalue weighted by atomic mass is 19.4. The van der Waals surface area contributed by atoms with Gasteiger partial charge in [0.1, 0.15) is 5.69 Å². The van der Waals surface area contributed by atoms with E-state index in [2.05, 4.69) is 10.2 Å². The van der Waals surface area contributed by atoms with Gasteiger partial charge in [-0.25, -0.2) is 0 Å². The number of anilines is 3. The van der Waals surface area contributed by atoms with Gasteiger partial charge >= 0.3 is 6.18 Å². The molecule has 0 radical (unpaired) electrons. The smallest absolute Gasteiger partial charge is 0.372 e. The molecule has 0 aliphatic heterocycles. The molecule has 126 valence electrons. The number of benzene rings is 1. The number of nitrogens with zero attached hydrogens (tertiary/aromatic N) is 2. The minimum atomic E-state index is -4.64. The van der Waals surface area contributed by atoms with Gasteiger partial charge in [-0.2, -0.15) is 13.2 Å². The monoisotopic (exact) mass is 328 g/mol.